The zero-order valence-electron chi connectivity index (χ0n) is 9.29. The third kappa shape index (κ3) is 4.28. The molecule has 1 aromatic rings. The van der Waals surface area contributed by atoms with E-state index in [1.165, 1.54) is 6.92 Å². The van der Waals surface area contributed by atoms with E-state index >= 15 is 0 Å². The molecule has 1 rings (SSSR count). The summed E-state index contributed by atoms with van der Waals surface area (Å²) in [6.45, 7) is 0.576. The van der Waals surface area contributed by atoms with Crippen LogP contribution in [0.5, 0.6) is 0 Å². The molecule has 0 bridgehead atoms. The lowest BCUT2D eigenvalue weighted by Gasteiger charge is -2.21. The van der Waals surface area contributed by atoms with Crippen LogP contribution in [-0.2, 0) is 6.18 Å². The molecule has 0 fully saturated rings. The Labute approximate surface area is 106 Å². The minimum atomic E-state index is -4.71. The van der Waals surface area contributed by atoms with Crippen molar-refractivity contribution in [3.05, 3.63) is 17.0 Å². The van der Waals surface area contributed by atoms with E-state index in [1.54, 1.807) is 0 Å². The summed E-state index contributed by atoms with van der Waals surface area (Å²) in [5.41, 5.74) is -1.48. The summed E-state index contributed by atoms with van der Waals surface area (Å²) >= 11 is 5.44. The van der Waals surface area contributed by atoms with E-state index in [2.05, 4.69) is 15.3 Å². The molecule has 1 aromatic heterocycles. The summed E-state index contributed by atoms with van der Waals surface area (Å²) in [5, 5.41) is 20.3. The lowest BCUT2D eigenvalue weighted by Crippen LogP contribution is -2.37. The van der Waals surface area contributed by atoms with Crippen molar-refractivity contribution in [2.24, 2.45) is 0 Å². The second kappa shape index (κ2) is 5.25. The number of aromatic nitrogens is 2. The minimum Gasteiger partial charge on any atom is -0.393 e. The summed E-state index contributed by atoms with van der Waals surface area (Å²) in [6, 6.07) is 1.09. The summed E-state index contributed by atoms with van der Waals surface area (Å²) in [4.78, 5) is 6.26. The van der Waals surface area contributed by atoms with E-state index in [0.717, 1.165) is 6.07 Å². The highest BCUT2D eigenvalue weighted by molar-refractivity contribution is 6.29. The van der Waals surface area contributed by atoms with Crippen LogP contribution in [0.2, 0.25) is 5.15 Å². The van der Waals surface area contributed by atoms with Gasteiger partial charge < -0.3 is 15.5 Å². The van der Waals surface area contributed by atoms with Gasteiger partial charge in [-0.3, -0.25) is 0 Å². The van der Waals surface area contributed by atoms with Gasteiger partial charge in [0.05, 0.1) is 6.61 Å². The van der Waals surface area contributed by atoms with Gasteiger partial charge in [0.2, 0.25) is 5.82 Å². The van der Waals surface area contributed by atoms with Gasteiger partial charge in [-0.05, 0) is 6.92 Å². The molecule has 0 radical (unpaired) electrons. The highest BCUT2D eigenvalue weighted by Crippen LogP contribution is 2.28. The molecule has 5 nitrogen and oxygen atoms in total. The fraction of sp³-hybridized carbons (Fsp3) is 0.556. The maximum absolute atomic E-state index is 12.4. The van der Waals surface area contributed by atoms with Gasteiger partial charge in [0.15, 0.2) is 0 Å². The average molecular weight is 286 g/mol. The Bertz CT molecular complexity index is 426. The number of halogens is 4. The Morgan fingerprint density at radius 1 is 1.39 bits per heavy atom. The second-order valence-corrected chi connectivity index (χ2v) is 4.29. The highest BCUT2D eigenvalue weighted by Gasteiger charge is 2.35. The van der Waals surface area contributed by atoms with Crippen molar-refractivity contribution < 1.29 is 23.4 Å². The summed E-state index contributed by atoms with van der Waals surface area (Å²) in [7, 11) is 0. The first-order valence-electron chi connectivity index (χ1n) is 4.83. The number of aliphatic hydroxyl groups is 2. The first-order chi connectivity index (χ1) is 8.14. The Morgan fingerprint density at radius 3 is 2.50 bits per heavy atom. The largest absolute Gasteiger partial charge is 0.451 e. The Morgan fingerprint density at radius 2 is 2.00 bits per heavy atom. The van der Waals surface area contributed by atoms with E-state index in [0.29, 0.717) is 0 Å². The van der Waals surface area contributed by atoms with Crippen molar-refractivity contribution in [2.75, 3.05) is 18.5 Å². The standard InChI is InChI=1S/C9H11ClF3N3O2/c1-8(18,4-17)3-14-6-2-5(10)15-7(16-6)9(11,12)13/h2,17-18H,3-4H2,1H3,(H,14,15,16). The van der Waals surface area contributed by atoms with Gasteiger partial charge in [0, 0.05) is 12.6 Å². The fourth-order valence-corrected chi connectivity index (χ4v) is 1.16. The smallest absolute Gasteiger partial charge is 0.393 e. The highest BCUT2D eigenvalue weighted by atomic mass is 35.5. The molecule has 1 unspecified atom stereocenters. The molecule has 0 saturated carbocycles. The zero-order chi connectivity index (χ0) is 14.0. The van der Waals surface area contributed by atoms with Gasteiger partial charge in [-0.25, -0.2) is 9.97 Å². The van der Waals surface area contributed by atoms with Crippen LogP contribution in [0.4, 0.5) is 19.0 Å². The van der Waals surface area contributed by atoms with Crippen LogP contribution < -0.4 is 5.32 Å². The molecule has 0 aromatic carbocycles. The van der Waals surface area contributed by atoms with Crippen molar-refractivity contribution in [2.45, 2.75) is 18.7 Å². The maximum atomic E-state index is 12.4. The molecule has 0 saturated heterocycles. The zero-order valence-corrected chi connectivity index (χ0v) is 10.0. The molecule has 1 heterocycles. The van der Waals surface area contributed by atoms with E-state index in [-0.39, 0.29) is 17.5 Å². The number of aliphatic hydroxyl groups excluding tert-OH is 1. The molecule has 0 aliphatic carbocycles. The number of nitrogens with one attached hydrogen (secondary N) is 1. The first-order valence-corrected chi connectivity index (χ1v) is 5.21. The van der Waals surface area contributed by atoms with Gasteiger partial charge in [0.25, 0.3) is 0 Å². The third-order valence-corrected chi connectivity index (χ3v) is 2.13. The lowest BCUT2D eigenvalue weighted by atomic mass is 10.1. The van der Waals surface area contributed by atoms with Crippen molar-refractivity contribution in [1.29, 1.82) is 0 Å². The Balaban J connectivity index is 2.88. The number of hydrogen-bond acceptors (Lipinski definition) is 5. The number of alkyl halides is 3. The third-order valence-electron chi connectivity index (χ3n) is 1.94. The normalized spacial score (nSPS) is 15.3. The predicted molar refractivity (Wildman–Crippen MR) is 58.2 cm³/mol. The summed E-state index contributed by atoms with van der Waals surface area (Å²) < 4.78 is 37.2. The SMILES string of the molecule is CC(O)(CO)CNc1cc(Cl)nc(C(F)(F)F)n1. The predicted octanol–water partition coefficient (Wildman–Crippen LogP) is 1.30. The van der Waals surface area contributed by atoms with Gasteiger partial charge in [0.1, 0.15) is 16.6 Å². The monoisotopic (exact) mass is 285 g/mol. The molecule has 0 aliphatic heterocycles. The van der Waals surface area contributed by atoms with Crippen LogP contribution >= 0.6 is 11.6 Å². The molecule has 1 atom stereocenters. The van der Waals surface area contributed by atoms with Gasteiger partial charge in [-0.1, -0.05) is 11.6 Å². The van der Waals surface area contributed by atoms with Crippen molar-refractivity contribution in [3.8, 4) is 0 Å². The molecule has 3 N–H and O–H groups in total. The fourth-order valence-electron chi connectivity index (χ4n) is 0.972. The van der Waals surface area contributed by atoms with Crippen molar-refractivity contribution >= 4 is 17.4 Å². The van der Waals surface area contributed by atoms with Crippen LogP contribution in [0.15, 0.2) is 6.07 Å². The Kier molecular flexibility index (Phi) is 4.36. The molecule has 18 heavy (non-hydrogen) atoms. The molecular weight excluding hydrogens is 275 g/mol. The van der Waals surface area contributed by atoms with Crippen LogP contribution in [-0.4, -0.2) is 38.9 Å². The Hall–Kier alpha value is -1.12. The number of hydrogen-bond donors (Lipinski definition) is 3. The van der Waals surface area contributed by atoms with E-state index < -0.39 is 24.2 Å². The molecule has 9 heteroatoms. The van der Waals surface area contributed by atoms with Crippen molar-refractivity contribution in [1.82, 2.24) is 9.97 Å². The van der Waals surface area contributed by atoms with Gasteiger partial charge in [-0.15, -0.1) is 0 Å². The molecular formula is C9H11ClF3N3O2. The van der Waals surface area contributed by atoms with E-state index in [9.17, 15) is 18.3 Å². The molecule has 0 spiro atoms. The summed E-state index contributed by atoms with van der Waals surface area (Å²) in [5.74, 6) is -1.56. The van der Waals surface area contributed by atoms with Crippen LogP contribution in [0.3, 0.4) is 0 Å². The second-order valence-electron chi connectivity index (χ2n) is 3.91. The topological polar surface area (TPSA) is 78.3 Å². The van der Waals surface area contributed by atoms with Crippen molar-refractivity contribution in [3.63, 3.8) is 0 Å². The molecule has 0 amide bonds. The average Bonchev–Trinajstić information content (AvgIpc) is 2.25. The molecule has 102 valence electrons. The van der Waals surface area contributed by atoms with E-state index in [1.807, 2.05) is 0 Å². The first kappa shape index (κ1) is 14.9. The molecule has 0 aliphatic rings. The summed E-state index contributed by atoms with van der Waals surface area (Å²) in [6.07, 6.45) is -4.71. The van der Waals surface area contributed by atoms with Crippen LogP contribution in [0.25, 0.3) is 0 Å². The number of nitrogens with zero attached hydrogens (tertiary/aromatic N) is 2. The number of anilines is 1. The maximum Gasteiger partial charge on any atom is 0.451 e. The minimum absolute atomic E-state index is 0.184. The lowest BCUT2D eigenvalue weighted by molar-refractivity contribution is -0.144. The van der Waals surface area contributed by atoms with Gasteiger partial charge in [-0.2, -0.15) is 13.2 Å². The van der Waals surface area contributed by atoms with Crippen LogP contribution in [0.1, 0.15) is 12.7 Å². The number of rotatable bonds is 4. The van der Waals surface area contributed by atoms with E-state index in [4.69, 9.17) is 16.7 Å². The van der Waals surface area contributed by atoms with Crippen LogP contribution in [0, 0.1) is 0 Å². The van der Waals surface area contributed by atoms with Gasteiger partial charge >= 0.3 is 6.18 Å². The quantitative estimate of drug-likeness (QED) is 0.727.